The Morgan fingerprint density at radius 2 is 1.00 bits per heavy atom. The van der Waals surface area contributed by atoms with Crippen LogP contribution in [0.25, 0.3) is 0 Å². The third-order valence-electron chi connectivity index (χ3n) is 11.0. The minimum Gasteiger partial charge on any atom is -0.726 e. The third kappa shape index (κ3) is 25.2. The van der Waals surface area contributed by atoms with E-state index in [1.807, 2.05) is 13.1 Å². The monoisotopic (exact) mass is 831 g/mol. The van der Waals surface area contributed by atoms with E-state index in [-0.39, 0.29) is 54.0 Å². The summed E-state index contributed by atoms with van der Waals surface area (Å²) >= 11 is 0. The maximum Gasteiger partial charge on any atom is 1.00 e. The van der Waals surface area contributed by atoms with E-state index in [9.17, 15) is 22.6 Å². The minimum atomic E-state index is -5.30. The van der Waals surface area contributed by atoms with Crippen molar-refractivity contribution < 1.29 is 79.7 Å². The van der Waals surface area contributed by atoms with E-state index in [2.05, 4.69) is 34.6 Å². The Hall–Kier alpha value is -0.0931. The number of hydrogen-bond acceptors (Lipinski definition) is 11. The molecule has 0 radical (unpaired) electrons. The van der Waals surface area contributed by atoms with E-state index in [1.165, 1.54) is 97.0 Å². The molecule has 0 spiro atoms. The quantitative estimate of drug-likeness (QED) is 0.0219. The van der Waals surface area contributed by atoms with Gasteiger partial charge in [0.1, 0.15) is 12.2 Å². The van der Waals surface area contributed by atoms with Gasteiger partial charge in [-0.1, -0.05) is 163 Å². The molecule has 14 heteroatoms. The molecule has 320 valence electrons. The van der Waals surface area contributed by atoms with Crippen molar-refractivity contribution in [3.05, 3.63) is 0 Å². The largest absolute Gasteiger partial charge is 1.00 e. The Labute approximate surface area is 359 Å². The van der Waals surface area contributed by atoms with Gasteiger partial charge in [-0.05, 0) is 31.0 Å². The molecule has 0 aromatic heterocycles. The molecule has 1 saturated heterocycles. The number of ether oxygens (including phenoxy) is 4. The minimum absolute atomic E-state index is 0. The van der Waals surface area contributed by atoms with Gasteiger partial charge in [0, 0.05) is 20.0 Å². The van der Waals surface area contributed by atoms with Crippen LogP contribution in [0.2, 0.25) is 18.1 Å². The summed E-state index contributed by atoms with van der Waals surface area (Å²) in [5.74, 6) is -1.17. The average Bonchev–Trinajstić information content (AvgIpc) is 3.09. The molecule has 5 atom stereocenters. The predicted molar refractivity (Wildman–Crippen MR) is 215 cm³/mol. The third-order valence-corrected chi connectivity index (χ3v) is 15.9. The van der Waals surface area contributed by atoms with Crippen LogP contribution >= 0.6 is 0 Å². The van der Waals surface area contributed by atoms with Crippen molar-refractivity contribution in [3.63, 3.8) is 0 Å². The van der Waals surface area contributed by atoms with E-state index in [1.54, 1.807) is 0 Å². The van der Waals surface area contributed by atoms with Gasteiger partial charge >= 0.3 is 41.5 Å². The second-order valence-electron chi connectivity index (χ2n) is 16.8. The van der Waals surface area contributed by atoms with Crippen LogP contribution in [0, 0.1) is 0 Å². The predicted octanol–water partition coefficient (Wildman–Crippen LogP) is 7.45. The van der Waals surface area contributed by atoms with Crippen LogP contribution in [0.3, 0.4) is 0 Å². The zero-order valence-corrected chi connectivity index (χ0v) is 40.3. The molecule has 55 heavy (non-hydrogen) atoms. The summed E-state index contributed by atoms with van der Waals surface area (Å²) < 4.78 is 71.0. The molecule has 0 saturated carbocycles. The fourth-order valence-electron chi connectivity index (χ4n) is 6.51. The van der Waals surface area contributed by atoms with Crippen LogP contribution in [0.1, 0.15) is 189 Å². The molecule has 0 aromatic carbocycles. The van der Waals surface area contributed by atoms with Crippen LogP contribution in [0.4, 0.5) is 0 Å². The van der Waals surface area contributed by atoms with E-state index >= 15 is 0 Å². The smallest absolute Gasteiger partial charge is 0.726 e. The van der Waals surface area contributed by atoms with Crippen LogP contribution in [0.5, 0.6) is 0 Å². The molecule has 0 aromatic rings. The average molecular weight is 831 g/mol. The second kappa shape index (κ2) is 30.9. The molecule has 0 aliphatic carbocycles. The van der Waals surface area contributed by atoms with E-state index < -0.39 is 61.4 Å². The van der Waals surface area contributed by atoms with Gasteiger partial charge in [-0.25, -0.2) is 8.42 Å². The number of methoxy groups -OCH3 is 1. The maximum atomic E-state index is 13.3. The van der Waals surface area contributed by atoms with Crippen molar-refractivity contribution in [1.29, 1.82) is 0 Å². The fraction of sp³-hybridized carbons (Fsp3) is 0.951. The van der Waals surface area contributed by atoms with Crippen molar-refractivity contribution in [2.24, 2.45) is 0 Å². The summed E-state index contributed by atoms with van der Waals surface area (Å²) in [7, 11) is -6.33. The molecular formula is C41H79NaO11SSi. The van der Waals surface area contributed by atoms with E-state index in [0.29, 0.717) is 12.8 Å². The van der Waals surface area contributed by atoms with E-state index in [0.717, 1.165) is 38.5 Å². The summed E-state index contributed by atoms with van der Waals surface area (Å²) in [6.45, 7) is 14.5. The zero-order chi connectivity index (χ0) is 40.5. The Morgan fingerprint density at radius 1 is 0.636 bits per heavy atom. The van der Waals surface area contributed by atoms with Crippen molar-refractivity contribution >= 4 is 30.7 Å². The van der Waals surface area contributed by atoms with Gasteiger partial charge in [-0.15, -0.1) is 0 Å². The number of unbranched alkanes of at least 4 members (excludes halogenated alkanes) is 20. The van der Waals surface area contributed by atoms with Crippen molar-refractivity contribution in [2.45, 2.75) is 238 Å². The summed E-state index contributed by atoms with van der Waals surface area (Å²) in [6, 6.07) is 0. The van der Waals surface area contributed by atoms with Gasteiger partial charge in [0.25, 0.3) is 0 Å². The molecule has 1 aliphatic heterocycles. The number of rotatable bonds is 32. The molecule has 0 N–H and O–H groups in total. The van der Waals surface area contributed by atoms with Crippen molar-refractivity contribution in [3.8, 4) is 0 Å². The van der Waals surface area contributed by atoms with Gasteiger partial charge in [-0.2, -0.15) is 0 Å². The zero-order valence-electron chi connectivity index (χ0n) is 36.5. The SMILES string of the molecule is CCCCCCCCCCCCCC(=O)O[C@@H]1[C@@H](OC(=O)CCCCCCCCCCCCC)[C@@H](OC)O[C@H](CO[Si](C)(C)C(C)(C)C)[C@H]1OS(=O)(=O)[O-].[Na+]. The van der Waals surface area contributed by atoms with Crippen LogP contribution in [0.15, 0.2) is 0 Å². The first kappa shape index (κ1) is 54.9. The Balaban J connectivity index is 0.0000292. The second-order valence-corrected chi connectivity index (χ2v) is 22.6. The molecule has 1 aliphatic rings. The van der Waals surface area contributed by atoms with Crippen LogP contribution in [-0.2, 0) is 47.5 Å². The van der Waals surface area contributed by atoms with Crippen LogP contribution < -0.4 is 29.6 Å². The summed E-state index contributed by atoms with van der Waals surface area (Å²) in [5.41, 5.74) is 0. The molecular weight excluding hydrogens is 752 g/mol. The maximum absolute atomic E-state index is 13.3. The topological polar surface area (TPSA) is 147 Å². The summed E-state index contributed by atoms with van der Waals surface area (Å²) in [4.78, 5) is 26.5. The van der Waals surface area contributed by atoms with Crippen molar-refractivity contribution in [2.75, 3.05) is 13.7 Å². The number of carbonyl (C=O) groups is 2. The molecule has 0 bridgehead atoms. The normalized spacial score (nSPS) is 20.6. The number of carbonyl (C=O) groups excluding carboxylic acids is 2. The molecule has 11 nitrogen and oxygen atoms in total. The molecule has 1 fully saturated rings. The first-order valence-electron chi connectivity index (χ1n) is 21.4. The summed E-state index contributed by atoms with van der Waals surface area (Å²) in [5, 5.41) is -0.184. The number of esters is 2. The summed E-state index contributed by atoms with van der Waals surface area (Å²) in [6.07, 6.45) is 18.0. The van der Waals surface area contributed by atoms with Gasteiger partial charge in [0.05, 0.1) is 6.61 Å². The first-order valence-corrected chi connectivity index (χ1v) is 25.7. The molecule has 1 rings (SSSR count). The van der Waals surface area contributed by atoms with E-state index in [4.69, 9.17) is 27.6 Å². The van der Waals surface area contributed by atoms with Gasteiger partial charge < -0.3 is 27.9 Å². The van der Waals surface area contributed by atoms with Gasteiger partial charge in [0.2, 0.25) is 10.4 Å². The van der Waals surface area contributed by atoms with Gasteiger partial charge in [0.15, 0.2) is 26.8 Å². The first-order chi connectivity index (χ1) is 25.6. The Bertz CT molecular complexity index is 1100. The fourth-order valence-corrected chi connectivity index (χ4v) is 8.03. The Kier molecular flexibility index (Phi) is 30.8. The van der Waals surface area contributed by atoms with Crippen LogP contribution in [-0.4, -0.2) is 77.6 Å². The van der Waals surface area contributed by atoms with Crippen molar-refractivity contribution in [1.82, 2.24) is 0 Å². The molecule has 1 heterocycles. The van der Waals surface area contributed by atoms with Gasteiger partial charge in [-0.3, -0.25) is 13.8 Å². The molecule has 0 amide bonds. The Morgan fingerprint density at radius 3 is 1.35 bits per heavy atom. The number of hydrogen-bond donors (Lipinski definition) is 0. The standard InChI is InChI=1S/C41H80O11SSi.Na/c1-9-11-13-15-17-19-21-23-25-27-29-31-35(42)50-38-37(52-53(44,45)46)34(33-48-54(7,8)41(3,4)5)49-40(47-6)39(38)51-36(43)32-30-28-26-24-22-20-18-16-14-12-10-2;/h34,37-40H,9-33H2,1-8H3,(H,44,45,46);/q;+1/p-1/t34-,37-,38+,39-,40+;/m1./s1. The molecule has 0 unspecified atom stereocenters.